The molecule has 0 aliphatic carbocycles. The molecule has 0 spiro atoms. The lowest BCUT2D eigenvalue weighted by Gasteiger charge is -2.12. The van der Waals surface area contributed by atoms with Crippen molar-refractivity contribution in [2.24, 2.45) is 5.10 Å². The van der Waals surface area contributed by atoms with Gasteiger partial charge in [0.15, 0.2) is 18.1 Å². The molecule has 8 nitrogen and oxygen atoms in total. The Labute approximate surface area is 209 Å². The van der Waals surface area contributed by atoms with Crippen LogP contribution in [0.1, 0.15) is 23.6 Å². The maximum atomic E-state index is 13.0. The van der Waals surface area contributed by atoms with Crippen molar-refractivity contribution in [3.63, 3.8) is 0 Å². The summed E-state index contributed by atoms with van der Waals surface area (Å²) in [4.78, 5) is 25.3. The van der Waals surface area contributed by atoms with Crippen molar-refractivity contribution < 1.29 is 19.1 Å². The zero-order valence-corrected chi connectivity index (χ0v) is 20.1. The molecule has 0 unspecified atom stereocenters. The summed E-state index contributed by atoms with van der Waals surface area (Å²) in [6, 6.07) is 21.4. The van der Waals surface area contributed by atoms with Crippen molar-refractivity contribution in [1.82, 2.24) is 0 Å². The topological polar surface area (TPSA) is 104 Å². The second-order valence-electron chi connectivity index (χ2n) is 8.14. The molecule has 1 aliphatic heterocycles. The summed E-state index contributed by atoms with van der Waals surface area (Å²) >= 11 is 0. The average Bonchev–Trinajstić information content (AvgIpc) is 3.16. The molecule has 3 aromatic rings. The number of anilines is 2. The predicted molar refractivity (Wildman–Crippen MR) is 138 cm³/mol. The van der Waals surface area contributed by atoms with Gasteiger partial charge in [-0.3, -0.25) is 9.59 Å². The summed E-state index contributed by atoms with van der Waals surface area (Å²) in [5.74, 6) is 0.266. The number of amides is 2. The number of carbonyl (C=O) groups is 2. The van der Waals surface area contributed by atoms with Crippen LogP contribution < -0.4 is 19.8 Å². The lowest BCUT2D eigenvalue weighted by molar-refractivity contribution is -0.118. The number of hydrogen-bond donors (Lipinski definition) is 1. The predicted octanol–water partition coefficient (Wildman–Crippen LogP) is 4.70. The molecule has 0 saturated heterocycles. The molecule has 2 amide bonds. The maximum absolute atomic E-state index is 13.0. The van der Waals surface area contributed by atoms with Crippen LogP contribution in [0.3, 0.4) is 0 Å². The highest BCUT2D eigenvalue weighted by Gasteiger charge is 2.28. The number of ether oxygens (including phenoxy) is 2. The minimum atomic E-state index is -0.292. The van der Waals surface area contributed by atoms with Gasteiger partial charge in [-0.05, 0) is 79.6 Å². The highest BCUT2D eigenvalue weighted by molar-refractivity contribution is 6.32. The molecule has 0 saturated carbocycles. The Morgan fingerprint density at radius 3 is 2.56 bits per heavy atom. The Balaban J connectivity index is 1.46. The van der Waals surface area contributed by atoms with E-state index in [2.05, 4.69) is 16.5 Å². The van der Waals surface area contributed by atoms with E-state index < -0.39 is 0 Å². The van der Waals surface area contributed by atoms with E-state index in [1.54, 1.807) is 55.5 Å². The van der Waals surface area contributed by atoms with Crippen molar-refractivity contribution in [3.8, 4) is 17.6 Å². The van der Waals surface area contributed by atoms with E-state index in [1.807, 2.05) is 31.2 Å². The third kappa shape index (κ3) is 5.42. The van der Waals surface area contributed by atoms with Crippen molar-refractivity contribution in [2.45, 2.75) is 13.8 Å². The van der Waals surface area contributed by atoms with E-state index in [0.29, 0.717) is 45.3 Å². The Bertz CT molecular complexity index is 1420. The fourth-order valence-corrected chi connectivity index (χ4v) is 3.66. The van der Waals surface area contributed by atoms with Crippen LogP contribution in [0.25, 0.3) is 6.08 Å². The van der Waals surface area contributed by atoms with Crippen LogP contribution in [-0.4, -0.2) is 31.2 Å². The summed E-state index contributed by atoms with van der Waals surface area (Å²) in [5.41, 5.74) is 4.54. The summed E-state index contributed by atoms with van der Waals surface area (Å²) < 4.78 is 11.1. The van der Waals surface area contributed by atoms with Crippen LogP contribution in [0.2, 0.25) is 0 Å². The number of nitriles is 1. The Kier molecular flexibility index (Phi) is 7.12. The molecule has 0 bridgehead atoms. The molecule has 180 valence electrons. The molecule has 1 heterocycles. The smallest absolute Gasteiger partial charge is 0.280 e. The van der Waals surface area contributed by atoms with Crippen LogP contribution in [0.15, 0.2) is 77.4 Å². The van der Waals surface area contributed by atoms with Crippen LogP contribution in [0, 0.1) is 18.3 Å². The van der Waals surface area contributed by atoms with Gasteiger partial charge in [0.1, 0.15) is 0 Å². The van der Waals surface area contributed by atoms with Crippen LogP contribution in [-0.2, 0) is 9.59 Å². The van der Waals surface area contributed by atoms with Gasteiger partial charge in [-0.2, -0.15) is 15.4 Å². The zero-order valence-electron chi connectivity index (χ0n) is 20.1. The monoisotopic (exact) mass is 480 g/mol. The van der Waals surface area contributed by atoms with Gasteiger partial charge in [-0.15, -0.1) is 0 Å². The number of carbonyl (C=O) groups excluding carboxylic acids is 2. The van der Waals surface area contributed by atoms with Gasteiger partial charge < -0.3 is 14.8 Å². The second kappa shape index (κ2) is 10.6. The number of benzene rings is 3. The molecule has 0 atom stereocenters. The Hall–Kier alpha value is -4.90. The van der Waals surface area contributed by atoms with Gasteiger partial charge >= 0.3 is 0 Å². The van der Waals surface area contributed by atoms with E-state index in [9.17, 15) is 9.59 Å². The number of rotatable bonds is 7. The molecule has 1 aliphatic rings. The number of hydrogen-bond acceptors (Lipinski definition) is 6. The lowest BCUT2D eigenvalue weighted by atomic mass is 10.1. The maximum Gasteiger partial charge on any atom is 0.280 e. The summed E-state index contributed by atoms with van der Waals surface area (Å²) in [6.07, 6.45) is 1.72. The van der Waals surface area contributed by atoms with Gasteiger partial charge in [-0.1, -0.05) is 18.2 Å². The molecule has 1 N–H and O–H groups in total. The van der Waals surface area contributed by atoms with Crippen LogP contribution >= 0.6 is 0 Å². The first-order valence-electron chi connectivity index (χ1n) is 11.2. The summed E-state index contributed by atoms with van der Waals surface area (Å²) in [6.45, 7) is 3.52. The highest BCUT2D eigenvalue weighted by Crippen LogP contribution is 2.31. The number of methoxy groups -OCH3 is 1. The number of nitrogens with one attached hydrogen (secondary N) is 1. The first-order valence-corrected chi connectivity index (χ1v) is 11.2. The van der Waals surface area contributed by atoms with Gasteiger partial charge in [0.25, 0.3) is 11.8 Å². The van der Waals surface area contributed by atoms with E-state index in [4.69, 9.17) is 14.7 Å². The Morgan fingerprint density at radius 2 is 1.86 bits per heavy atom. The lowest BCUT2D eigenvalue weighted by Crippen LogP contribution is -2.21. The van der Waals surface area contributed by atoms with Crippen molar-refractivity contribution in [2.75, 3.05) is 24.0 Å². The van der Waals surface area contributed by atoms with Crippen molar-refractivity contribution in [3.05, 3.63) is 89.0 Å². The fourth-order valence-electron chi connectivity index (χ4n) is 3.66. The third-order valence-electron chi connectivity index (χ3n) is 5.46. The van der Waals surface area contributed by atoms with Crippen LogP contribution in [0.4, 0.5) is 11.4 Å². The summed E-state index contributed by atoms with van der Waals surface area (Å²) in [5, 5.41) is 17.5. The van der Waals surface area contributed by atoms with Crippen LogP contribution in [0.5, 0.6) is 11.5 Å². The zero-order chi connectivity index (χ0) is 25.7. The van der Waals surface area contributed by atoms with E-state index in [0.717, 1.165) is 5.56 Å². The van der Waals surface area contributed by atoms with E-state index in [1.165, 1.54) is 12.1 Å². The second-order valence-corrected chi connectivity index (χ2v) is 8.14. The third-order valence-corrected chi connectivity index (χ3v) is 5.46. The standard InChI is InChI=1S/C28H24N4O4/c1-18-5-4-6-22(13-18)30-27(33)17-36-25-12-9-21(15-26(25)35-3)14-24-19(2)31-32(28(24)34)23-10-7-20(16-29)8-11-23/h4-15H,17H2,1-3H3,(H,30,33)/b24-14-. The van der Waals surface area contributed by atoms with E-state index in [-0.39, 0.29) is 18.4 Å². The highest BCUT2D eigenvalue weighted by atomic mass is 16.5. The first-order chi connectivity index (χ1) is 17.4. The van der Waals surface area contributed by atoms with E-state index >= 15 is 0 Å². The van der Waals surface area contributed by atoms with Crippen molar-refractivity contribution >= 4 is 35.0 Å². The summed E-state index contributed by atoms with van der Waals surface area (Å²) in [7, 11) is 1.51. The normalized spacial score (nSPS) is 13.8. The average molecular weight is 481 g/mol. The quantitative estimate of drug-likeness (QED) is 0.494. The largest absolute Gasteiger partial charge is 0.493 e. The number of nitrogens with zero attached hydrogens (tertiary/aromatic N) is 3. The van der Waals surface area contributed by atoms with Gasteiger partial charge in [-0.25, -0.2) is 0 Å². The molecule has 4 rings (SSSR count). The molecule has 0 radical (unpaired) electrons. The Morgan fingerprint density at radius 1 is 1.08 bits per heavy atom. The SMILES string of the molecule is COc1cc(/C=C2\C(=O)N(c3ccc(C#N)cc3)N=C2C)ccc1OCC(=O)Nc1cccc(C)c1. The molecule has 8 heteroatoms. The van der Waals surface area contributed by atoms with Gasteiger partial charge in [0.2, 0.25) is 0 Å². The minimum absolute atomic E-state index is 0.186. The minimum Gasteiger partial charge on any atom is -0.493 e. The van der Waals surface area contributed by atoms with Gasteiger partial charge in [0.05, 0.1) is 35.7 Å². The molecular formula is C28H24N4O4. The van der Waals surface area contributed by atoms with Gasteiger partial charge in [0, 0.05) is 5.69 Å². The number of aryl methyl sites for hydroxylation is 1. The fraction of sp³-hybridized carbons (Fsp3) is 0.143. The molecule has 0 aromatic heterocycles. The molecule has 0 fully saturated rings. The number of hydrazone groups is 1. The van der Waals surface area contributed by atoms with Crippen molar-refractivity contribution in [1.29, 1.82) is 5.26 Å². The molecule has 3 aromatic carbocycles. The molecular weight excluding hydrogens is 456 g/mol. The molecule has 36 heavy (non-hydrogen) atoms. The first kappa shape index (κ1) is 24.2.